The molecule has 6 nitrogen and oxygen atoms in total. The lowest BCUT2D eigenvalue weighted by Gasteiger charge is -2.10. The maximum atomic E-state index is 13.0. The molecular formula is C24H19ClFN5OS. The van der Waals surface area contributed by atoms with Crippen LogP contribution in [0.25, 0.3) is 17.1 Å². The summed E-state index contributed by atoms with van der Waals surface area (Å²) in [4.78, 5) is 12.3. The van der Waals surface area contributed by atoms with Gasteiger partial charge in [-0.3, -0.25) is 9.36 Å². The van der Waals surface area contributed by atoms with Gasteiger partial charge in [-0.15, -0.1) is 10.2 Å². The summed E-state index contributed by atoms with van der Waals surface area (Å²) in [6.07, 6.45) is 1.45. The van der Waals surface area contributed by atoms with Crippen LogP contribution in [-0.2, 0) is 4.79 Å². The molecule has 1 aromatic heterocycles. The molecule has 0 saturated heterocycles. The Morgan fingerprint density at radius 3 is 2.45 bits per heavy atom. The summed E-state index contributed by atoms with van der Waals surface area (Å²) >= 11 is 7.30. The van der Waals surface area contributed by atoms with E-state index >= 15 is 0 Å². The van der Waals surface area contributed by atoms with Crippen molar-refractivity contribution in [2.24, 2.45) is 5.10 Å². The first kappa shape index (κ1) is 22.7. The molecule has 0 aliphatic carbocycles. The van der Waals surface area contributed by atoms with E-state index in [9.17, 15) is 9.18 Å². The molecule has 0 bridgehead atoms. The summed E-state index contributed by atoms with van der Waals surface area (Å²) in [5.41, 5.74) is 6.02. The van der Waals surface area contributed by atoms with Crippen LogP contribution >= 0.6 is 23.4 Å². The zero-order valence-electron chi connectivity index (χ0n) is 17.6. The number of benzene rings is 3. The van der Waals surface area contributed by atoms with E-state index in [4.69, 9.17) is 11.6 Å². The van der Waals surface area contributed by atoms with Crippen molar-refractivity contribution < 1.29 is 9.18 Å². The Bertz CT molecular complexity index is 1270. The van der Waals surface area contributed by atoms with Gasteiger partial charge in [0.2, 0.25) is 0 Å². The number of hydrogen-bond acceptors (Lipinski definition) is 5. The molecule has 0 atom stereocenters. The van der Waals surface area contributed by atoms with Gasteiger partial charge in [0.1, 0.15) is 5.82 Å². The number of thioether (sulfide) groups is 1. The highest BCUT2D eigenvalue weighted by molar-refractivity contribution is 7.99. The molecule has 9 heteroatoms. The van der Waals surface area contributed by atoms with Gasteiger partial charge in [-0.2, -0.15) is 5.10 Å². The van der Waals surface area contributed by atoms with Crippen LogP contribution in [0, 0.1) is 12.7 Å². The molecule has 1 amide bonds. The molecule has 0 aliphatic heterocycles. The van der Waals surface area contributed by atoms with Gasteiger partial charge in [-0.05, 0) is 48.9 Å². The zero-order chi connectivity index (χ0) is 23.2. The van der Waals surface area contributed by atoms with Crippen molar-refractivity contribution in [3.05, 3.63) is 94.8 Å². The van der Waals surface area contributed by atoms with Crippen LogP contribution in [0.1, 0.15) is 11.1 Å². The van der Waals surface area contributed by atoms with Crippen molar-refractivity contribution in [2.45, 2.75) is 12.1 Å². The van der Waals surface area contributed by atoms with Gasteiger partial charge >= 0.3 is 0 Å². The van der Waals surface area contributed by atoms with E-state index in [1.807, 2.05) is 47.9 Å². The Hall–Kier alpha value is -3.49. The van der Waals surface area contributed by atoms with Crippen LogP contribution in [0.15, 0.2) is 83.1 Å². The monoisotopic (exact) mass is 479 g/mol. The lowest BCUT2D eigenvalue weighted by Crippen LogP contribution is -2.20. The summed E-state index contributed by atoms with van der Waals surface area (Å²) < 4.78 is 14.9. The van der Waals surface area contributed by atoms with E-state index in [1.54, 1.807) is 24.3 Å². The second-order valence-corrected chi connectivity index (χ2v) is 8.50. The predicted octanol–water partition coefficient (Wildman–Crippen LogP) is 5.28. The van der Waals surface area contributed by atoms with E-state index in [2.05, 4.69) is 20.7 Å². The van der Waals surface area contributed by atoms with Gasteiger partial charge in [-0.1, -0.05) is 65.3 Å². The molecule has 0 saturated carbocycles. The van der Waals surface area contributed by atoms with Gasteiger partial charge < -0.3 is 0 Å². The molecule has 4 rings (SSSR count). The maximum Gasteiger partial charge on any atom is 0.250 e. The summed E-state index contributed by atoms with van der Waals surface area (Å²) in [7, 11) is 0. The van der Waals surface area contributed by atoms with Crippen molar-refractivity contribution in [1.29, 1.82) is 0 Å². The second kappa shape index (κ2) is 10.4. The first-order chi connectivity index (χ1) is 16.0. The van der Waals surface area contributed by atoms with Crippen LogP contribution in [0.3, 0.4) is 0 Å². The highest BCUT2D eigenvalue weighted by Crippen LogP contribution is 2.28. The average molecular weight is 480 g/mol. The van der Waals surface area contributed by atoms with Crippen LogP contribution < -0.4 is 5.43 Å². The third-order valence-electron chi connectivity index (χ3n) is 4.63. The van der Waals surface area contributed by atoms with Crippen LogP contribution in [-0.4, -0.2) is 32.6 Å². The van der Waals surface area contributed by atoms with Gasteiger partial charge in [-0.25, -0.2) is 9.82 Å². The number of hydrogen-bond donors (Lipinski definition) is 1. The molecule has 0 fully saturated rings. The number of aromatic nitrogens is 3. The quantitative estimate of drug-likeness (QED) is 0.222. The lowest BCUT2D eigenvalue weighted by atomic mass is 10.1. The van der Waals surface area contributed by atoms with Crippen molar-refractivity contribution in [1.82, 2.24) is 20.2 Å². The fourth-order valence-corrected chi connectivity index (χ4v) is 3.84. The number of amides is 1. The molecule has 0 aliphatic rings. The number of carbonyl (C=O) groups is 1. The van der Waals surface area contributed by atoms with Crippen LogP contribution in [0.2, 0.25) is 5.02 Å². The highest BCUT2D eigenvalue weighted by Gasteiger charge is 2.17. The molecule has 4 aromatic rings. The average Bonchev–Trinajstić information content (AvgIpc) is 3.24. The predicted molar refractivity (Wildman–Crippen MR) is 129 cm³/mol. The lowest BCUT2D eigenvalue weighted by molar-refractivity contribution is -0.118. The molecule has 0 radical (unpaired) electrons. The van der Waals surface area contributed by atoms with Gasteiger partial charge in [0.05, 0.1) is 12.0 Å². The zero-order valence-corrected chi connectivity index (χ0v) is 19.1. The minimum absolute atomic E-state index is 0.0837. The van der Waals surface area contributed by atoms with Gasteiger partial charge in [0.15, 0.2) is 11.0 Å². The Labute approximate surface area is 199 Å². The summed E-state index contributed by atoms with van der Waals surface area (Å²) in [5, 5.41) is 13.8. The highest BCUT2D eigenvalue weighted by atomic mass is 35.5. The largest absolute Gasteiger partial charge is 0.272 e. The summed E-state index contributed by atoms with van der Waals surface area (Å²) in [5.74, 6) is 0.110. The number of rotatable bonds is 7. The minimum Gasteiger partial charge on any atom is -0.272 e. The Kier molecular flexibility index (Phi) is 7.16. The maximum absolute atomic E-state index is 13.0. The van der Waals surface area contributed by atoms with E-state index in [0.717, 1.165) is 16.8 Å². The van der Waals surface area contributed by atoms with Crippen LogP contribution in [0.4, 0.5) is 4.39 Å². The van der Waals surface area contributed by atoms with E-state index in [-0.39, 0.29) is 17.5 Å². The normalized spacial score (nSPS) is 11.1. The molecular weight excluding hydrogens is 461 g/mol. The smallest absolute Gasteiger partial charge is 0.250 e. The third-order valence-corrected chi connectivity index (χ3v) is 5.81. The Morgan fingerprint density at radius 1 is 1.06 bits per heavy atom. The summed E-state index contributed by atoms with van der Waals surface area (Å²) in [6.45, 7) is 2.02. The first-order valence-corrected chi connectivity index (χ1v) is 11.3. The standard InChI is InChI=1S/C24H19ClFN5OS/c1-16-2-6-18(7-3-16)23-29-30-24(31(23)21-12-8-19(25)9-13-21)33-15-22(32)28-27-14-17-4-10-20(26)11-5-17/h2-14H,15H2,1H3,(H,28,32)/b27-14+. The number of nitrogens with one attached hydrogen (secondary N) is 1. The molecule has 33 heavy (non-hydrogen) atoms. The van der Waals surface area contributed by atoms with E-state index in [1.165, 1.54) is 30.1 Å². The van der Waals surface area contributed by atoms with E-state index in [0.29, 0.717) is 21.6 Å². The number of halogens is 2. The molecule has 1 N–H and O–H groups in total. The molecule has 0 spiro atoms. The fraction of sp³-hybridized carbons (Fsp3) is 0.0833. The van der Waals surface area contributed by atoms with Gasteiger partial charge in [0.25, 0.3) is 5.91 Å². The number of aryl methyl sites for hydroxylation is 1. The third kappa shape index (κ3) is 5.85. The summed E-state index contributed by atoms with van der Waals surface area (Å²) in [6, 6.07) is 21.1. The van der Waals surface area contributed by atoms with E-state index < -0.39 is 0 Å². The first-order valence-electron chi connectivity index (χ1n) is 9.98. The topological polar surface area (TPSA) is 72.2 Å². The minimum atomic E-state index is -0.331. The van der Waals surface area contributed by atoms with Crippen molar-refractivity contribution in [2.75, 3.05) is 5.75 Å². The molecule has 0 unspecified atom stereocenters. The molecule has 166 valence electrons. The van der Waals surface area contributed by atoms with Crippen molar-refractivity contribution in [3.8, 4) is 17.1 Å². The Balaban J connectivity index is 1.51. The fourth-order valence-electron chi connectivity index (χ4n) is 2.97. The van der Waals surface area contributed by atoms with Crippen molar-refractivity contribution >= 4 is 35.5 Å². The molecule has 3 aromatic carbocycles. The number of hydrazone groups is 1. The SMILES string of the molecule is Cc1ccc(-c2nnc(SCC(=O)N/N=C/c3ccc(F)cc3)n2-c2ccc(Cl)cc2)cc1. The van der Waals surface area contributed by atoms with Crippen molar-refractivity contribution in [3.63, 3.8) is 0 Å². The Morgan fingerprint density at radius 2 is 1.76 bits per heavy atom. The second-order valence-electron chi connectivity index (χ2n) is 7.12. The van der Waals surface area contributed by atoms with Crippen LogP contribution in [0.5, 0.6) is 0 Å². The molecule has 1 heterocycles. The number of carbonyl (C=O) groups excluding carboxylic acids is 1. The number of nitrogens with zero attached hydrogens (tertiary/aromatic N) is 4. The van der Waals surface area contributed by atoms with Gasteiger partial charge in [0, 0.05) is 16.3 Å².